The van der Waals surface area contributed by atoms with Crippen molar-refractivity contribution in [3.8, 4) is 5.75 Å². The van der Waals surface area contributed by atoms with E-state index in [1.165, 1.54) is 47.6 Å². The quantitative estimate of drug-likeness (QED) is 0.204. The predicted molar refractivity (Wildman–Crippen MR) is 124 cm³/mol. The van der Waals surface area contributed by atoms with E-state index in [2.05, 4.69) is 0 Å². The monoisotopic (exact) mass is 533 g/mol. The Hall–Kier alpha value is -4.12. The van der Waals surface area contributed by atoms with Gasteiger partial charge in [-0.2, -0.15) is 21.6 Å². The van der Waals surface area contributed by atoms with Gasteiger partial charge in [-0.25, -0.2) is 4.39 Å². The molecule has 11 heteroatoms. The SMILES string of the molecule is O=C(c1cccc(F)c1)N(Cc1ccco1)Cc1ccccc1OS(=O)(=O)c1cccc(C(F)(F)F)c1. The van der Waals surface area contributed by atoms with Crippen LogP contribution < -0.4 is 4.18 Å². The molecule has 0 aliphatic carbocycles. The molecule has 0 spiro atoms. The largest absolute Gasteiger partial charge is 0.467 e. The van der Waals surface area contributed by atoms with Gasteiger partial charge in [0.1, 0.15) is 22.2 Å². The van der Waals surface area contributed by atoms with E-state index in [-0.39, 0.29) is 30.0 Å². The lowest BCUT2D eigenvalue weighted by Gasteiger charge is -2.23. The molecule has 0 unspecified atom stereocenters. The molecule has 0 bridgehead atoms. The summed E-state index contributed by atoms with van der Waals surface area (Å²) in [4.78, 5) is 13.8. The molecule has 0 fully saturated rings. The molecule has 0 radical (unpaired) electrons. The number of para-hydroxylation sites is 1. The van der Waals surface area contributed by atoms with Gasteiger partial charge >= 0.3 is 16.3 Å². The number of furan rings is 1. The van der Waals surface area contributed by atoms with E-state index in [1.807, 2.05) is 0 Å². The summed E-state index contributed by atoms with van der Waals surface area (Å²) in [5, 5.41) is 0. The van der Waals surface area contributed by atoms with Crippen LogP contribution in [0.25, 0.3) is 0 Å². The molecule has 1 aromatic heterocycles. The Morgan fingerprint density at radius 3 is 2.35 bits per heavy atom. The summed E-state index contributed by atoms with van der Waals surface area (Å²) < 4.78 is 89.2. The van der Waals surface area contributed by atoms with Crippen molar-refractivity contribution in [2.24, 2.45) is 0 Å². The minimum Gasteiger partial charge on any atom is -0.467 e. The first-order valence-electron chi connectivity index (χ1n) is 10.8. The van der Waals surface area contributed by atoms with Crippen molar-refractivity contribution >= 4 is 16.0 Å². The van der Waals surface area contributed by atoms with Crippen LogP contribution in [0.1, 0.15) is 27.2 Å². The normalized spacial score (nSPS) is 11.8. The molecular formula is C26H19F4NO5S. The summed E-state index contributed by atoms with van der Waals surface area (Å²) in [6.07, 6.45) is -3.33. The van der Waals surface area contributed by atoms with Gasteiger partial charge in [0.05, 0.1) is 24.9 Å². The molecule has 192 valence electrons. The molecular weight excluding hydrogens is 514 g/mol. The second kappa shape index (κ2) is 10.5. The molecule has 0 N–H and O–H groups in total. The van der Waals surface area contributed by atoms with Gasteiger partial charge in [0.25, 0.3) is 5.91 Å². The average Bonchev–Trinajstić information content (AvgIpc) is 3.37. The van der Waals surface area contributed by atoms with Crippen LogP contribution in [0.4, 0.5) is 17.6 Å². The van der Waals surface area contributed by atoms with E-state index in [1.54, 1.807) is 18.2 Å². The lowest BCUT2D eigenvalue weighted by molar-refractivity contribution is -0.137. The maximum absolute atomic E-state index is 13.8. The number of rotatable bonds is 8. The van der Waals surface area contributed by atoms with Gasteiger partial charge in [0.2, 0.25) is 0 Å². The average molecular weight is 533 g/mol. The number of carbonyl (C=O) groups excluding carboxylic acids is 1. The summed E-state index contributed by atoms with van der Waals surface area (Å²) >= 11 is 0. The number of hydrogen-bond acceptors (Lipinski definition) is 5. The zero-order chi connectivity index (χ0) is 26.6. The van der Waals surface area contributed by atoms with Crippen molar-refractivity contribution in [2.75, 3.05) is 0 Å². The Morgan fingerprint density at radius 1 is 0.892 bits per heavy atom. The molecule has 0 aliphatic rings. The van der Waals surface area contributed by atoms with Crippen LogP contribution in [0.5, 0.6) is 5.75 Å². The van der Waals surface area contributed by atoms with E-state index in [0.717, 1.165) is 24.3 Å². The second-order valence-electron chi connectivity index (χ2n) is 7.92. The molecule has 0 atom stereocenters. The molecule has 3 aromatic carbocycles. The fourth-order valence-corrected chi connectivity index (χ4v) is 4.52. The van der Waals surface area contributed by atoms with Crippen molar-refractivity contribution in [1.82, 2.24) is 4.90 Å². The number of alkyl halides is 3. The summed E-state index contributed by atoms with van der Waals surface area (Å²) in [7, 11) is -4.65. The summed E-state index contributed by atoms with van der Waals surface area (Å²) in [6.45, 7) is -0.207. The first-order valence-corrected chi connectivity index (χ1v) is 12.2. The van der Waals surface area contributed by atoms with Crippen molar-refractivity contribution in [2.45, 2.75) is 24.2 Å². The fraction of sp³-hybridized carbons (Fsp3) is 0.115. The molecule has 0 aliphatic heterocycles. The summed E-state index contributed by atoms with van der Waals surface area (Å²) in [5.74, 6) is -0.942. The number of hydrogen-bond donors (Lipinski definition) is 0. The zero-order valence-corrected chi connectivity index (χ0v) is 19.8. The smallest absolute Gasteiger partial charge is 0.416 e. The van der Waals surface area contributed by atoms with E-state index in [0.29, 0.717) is 11.8 Å². The van der Waals surface area contributed by atoms with Crippen LogP contribution in [0.15, 0.2) is 101 Å². The van der Waals surface area contributed by atoms with Gasteiger partial charge in [-0.05, 0) is 54.6 Å². The third-order valence-corrected chi connectivity index (χ3v) is 6.50. The molecule has 1 heterocycles. The highest BCUT2D eigenvalue weighted by atomic mass is 32.2. The number of halogens is 4. The van der Waals surface area contributed by atoms with E-state index >= 15 is 0 Å². The molecule has 0 saturated heterocycles. The van der Waals surface area contributed by atoms with Crippen molar-refractivity contribution in [3.63, 3.8) is 0 Å². The lowest BCUT2D eigenvalue weighted by Crippen LogP contribution is -2.30. The number of benzene rings is 3. The third kappa shape index (κ3) is 6.36. The van der Waals surface area contributed by atoms with Gasteiger partial charge in [-0.3, -0.25) is 4.79 Å². The molecule has 37 heavy (non-hydrogen) atoms. The Labute approximate surface area is 209 Å². The van der Waals surface area contributed by atoms with E-state index in [9.17, 15) is 30.8 Å². The van der Waals surface area contributed by atoms with Crippen molar-refractivity contribution in [3.05, 3.63) is 119 Å². The summed E-state index contributed by atoms with van der Waals surface area (Å²) in [6, 6.07) is 17.4. The summed E-state index contributed by atoms with van der Waals surface area (Å²) in [5.41, 5.74) is -0.841. The van der Waals surface area contributed by atoms with Gasteiger partial charge in [-0.15, -0.1) is 0 Å². The molecule has 0 saturated carbocycles. The molecule has 6 nitrogen and oxygen atoms in total. The Bertz CT molecular complexity index is 1500. The van der Waals surface area contributed by atoms with Gasteiger partial charge in [-0.1, -0.05) is 30.3 Å². The fourth-order valence-electron chi connectivity index (χ4n) is 3.51. The van der Waals surface area contributed by atoms with Crippen molar-refractivity contribution < 1.29 is 39.4 Å². The minimum atomic E-state index is -4.74. The van der Waals surface area contributed by atoms with Crippen LogP contribution in [0, 0.1) is 5.82 Å². The highest BCUT2D eigenvalue weighted by Gasteiger charge is 2.32. The van der Waals surface area contributed by atoms with E-state index in [4.69, 9.17) is 8.60 Å². The lowest BCUT2D eigenvalue weighted by atomic mass is 10.1. The standard InChI is InChI=1S/C26H19F4NO5S/c27-21-9-3-7-18(14-21)25(32)31(17-22-10-5-13-35-22)16-19-6-1-2-12-24(19)36-37(33,34)23-11-4-8-20(15-23)26(28,29)30/h1-15H,16-17H2. The van der Waals surface area contributed by atoms with Crippen LogP contribution in [0.3, 0.4) is 0 Å². The van der Waals surface area contributed by atoms with Gasteiger partial charge in [0, 0.05) is 11.1 Å². The highest BCUT2D eigenvalue weighted by molar-refractivity contribution is 7.87. The topological polar surface area (TPSA) is 76.8 Å². The number of amides is 1. The third-order valence-electron chi connectivity index (χ3n) is 5.27. The molecule has 4 rings (SSSR count). The van der Waals surface area contributed by atoms with Gasteiger partial charge in [0.15, 0.2) is 0 Å². The minimum absolute atomic E-state index is 0.0307. The maximum atomic E-state index is 13.8. The van der Waals surface area contributed by atoms with Gasteiger partial charge < -0.3 is 13.5 Å². The zero-order valence-electron chi connectivity index (χ0n) is 19.0. The van der Waals surface area contributed by atoms with Crippen LogP contribution >= 0.6 is 0 Å². The van der Waals surface area contributed by atoms with Crippen LogP contribution in [-0.4, -0.2) is 19.2 Å². The Kier molecular flexibility index (Phi) is 7.35. The number of nitrogens with zero attached hydrogens (tertiary/aromatic N) is 1. The van der Waals surface area contributed by atoms with Crippen LogP contribution in [-0.2, 0) is 29.4 Å². The Balaban J connectivity index is 1.65. The first-order chi connectivity index (χ1) is 17.5. The maximum Gasteiger partial charge on any atom is 0.416 e. The number of carbonyl (C=O) groups is 1. The highest BCUT2D eigenvalue weighted by Crippen LogP contribution is 2.32. The second-order valence-corrected chi connectivity index (χ2v) is 9.47. The molecule has 4 aromatic rings. The van der Waals surface area contributed by atoms with E-state index < -0.39 is 38.5 Å². The predicted octanol–water partition coefficient (Wildman–Crippen LogP) is 6.05. The van der Waals surface area contributed by atoms with Crippen molar-refractivity contribution in [1.29, 1.82) is 0 Å². The van der Waals surface area contributed by atoms with Crippen LogP contribution in [0.2, 0.25) is 0 Å². The molecule has 1 amide bonds. The Morgan fingerprint density at radius 2 is 1.65 bits per heavy atom. The first kappa shape index (κ1) is 26.0.